The lowest BCUT2D eigenvalue weighted by Crippen LogP contribution is -2.56. The molecule has 232 valence electrons. The van der Waals surface area contributed by atoms with Crippen molar-refractivity contribution in [1.29, 1.82) is 0 Å². The molecule has 13 heteroatoms. The van der Waals surface area contributed by atoms with Gasteiger partial charge in [-0.3, -0.25) is 13.9 Å². The van der Waals surface area contributed by atoms with E-state index in [0.29, 0.717) is 27.0 Å². The monoisotopic (exact) mass is 657 g/mol. The van der Waals surface area contributed by atoms with E-state index < -0.39 is 57.4 Å². The van der Waals surface area contributed by atoms with Crippen molar-refractivity contribution in [1.82, 2.24) is 10.2 Å². The molecule has 1 atom stereocenters. The lowest BCUT2D eigenvalue weighted by Gasteiger charge is -2.35. The third kappa shape index (κ3) is 9.61. The van der Waals surface area contributed by atoms with E-state index in [1.54, 1.807) is 75.4 Å². The predicted molar refractivity (Wildman–Crippen MR) is 162 cm³/mol. The van der Waals surface area contributed by atoms with Crippen LogP contribution in [0.3, 0.4) is 0 Å². The molecule has 0 aliphatic rings. The molecular formula is C30H32Cl2F3N3O4S. The van der Waals surface area contributed by atoms with Gasteiger partial charge < -0.3 is 10.2 Å². The Morgan fingerprint density at radius 1 is 0.907 bits per heavy atom. The Kier molecular flexibility index (Phi) is 10.8. The van der Waals surface area contributed by atoms with Crippen LogP contribution in [0.1, 0.15) is 37.5 Å². The van der Waals surface area contributed by atoms with Crippen molar-refractivity contribution in [3.63, 3.8) is 0 Å². The molecule has 0 saturated carbocycles. The van der Waals surface area contributed by atoms with Gasteiger partial charge in [0.25, 0.3) is 0 Å². The Morgan fingerprint density at radius 2 is 1.51 bits per heavy atom. The van der Waals surface area contributed by atoms with E-state index in [1.165, 1.54) is 4.90 Å². The first kappa shape index (κ1) is 34.2. The van der Waals surface area contributed by atoms with Crippen molar-refractivity contribution < 1.29 is 31.2 Å². The number of hydrogen-bond donors (Lipinski definition) is 1. The van der Waals surface area contributed by atoms with Crippen LogP contribution in [0.2, 0.25) is 10.0 Å². The quantitative estimate of drug-likeness (QED) is 0.276. The summed E-state index contributed by atoms with van der Waals surface area (Å²) in [5, 5.41) is 2.87. The molecule has 0 spiro atoms. The molecule has 0 aliphatic carbocycles. The van der Waals surface area contributed by atoms with Crippen LogP contribution >= 0.6 is 23.2 Å². The van der Waals surface area contributed by atoms with E-state index in [4.69, 9.17) is 23.2 Å². The molecule has 3 rings (SSSR count). The van der Waals surface area contributed by atoms with Gasteiger partial charge >= 0.3 is 6.18 Å². The Hall–Kier alpha value is -3.28. The van der Waals surface area contributed by atoms with Crippen LogP contribution in [-0.4, -0.2) is 49.5 Å². The van der Waals surface area contributed by atoms with Gasteiger partial charge in [0.15, 0.2) is 0 Å². The van der Waals surface area contributed by atoms with Crippen molar-refractivity contribution in [2.24, 2.45) is 0 Å². The van der Waals surface area contributed by atoms with Crippen LogP contribution in [-0.2, 0) is 38.8 Å². The largest absolute Gasteiger partial charge is 0.416 e. The maximum absolute atomic E-state index is 14.1. The molecule has 7 nitrogen and oxygen atoms in total. The van der Waals surface area contributed by atoms with Crippen molar-refractivity contribution in [2.75, 3.05) is 17.1 Å². The van der Waals surface area contributed by atoms with Gasteiger partial charge in [-0.1, -0.05) is 71.7 Å². The number of carbonyl (C=O) groups excluding carboxylic acids is 2. The molecule has 1 N–H and O–H groups in total. The highest BCUT2D eigenvalue weighted by atomic mass is 35.5. The second-order valence-electron chi connectivity index (χ2n) is 11.0. The standard InChI is InChI=1S/C30H32Cl2F3N3O4S/c1-29(2,3)36-28(40)26(16-20-10-6-5-7-11-20)37(18-21-12-8-9-13-23(21)31)27(39)19-38(43(4,41)42)25-17-22(30(33,34)35)14-15-24(25)32/h5-15,17,26H,16,18-19H2,1-4H3,(H,36,40)/t26-/m1/s1. The minimum absolute atomic E-state index is 0.0577. The van der Waals surface area contributed by atoms with E-state index in [0.717, 1.165) is 17.9 Å². The number of alkyl halides is 3. The van der Waals surface area contributed by atoms with E-state index in [1.807, 2.05) is 0 Å². The highest BCUT2D eigenvalue weighted by molar-refractivity contribution is 7.92. The number of amides is 2. The van der Waals surface area contributed by atoms with Crippen LogP contribution < -0.4 is 9.62 Å². The fraction of sp³-hybridized carbons (Fsp3) is 0.333. The van der Waals surface area contributed by atoms with Gasteiger partial charge in [0.2, 0.25) is 21.8 Å². The number of carbonyl (C=O) groups is 2. The van der Waals surface area contributed by atoms with E-state index in [-0.39, 0.29) is 18.0 Å². The number of hydrogen-bond acceptors (Lipinski definition) is 4. The highest BCUT2D eigenvalue weighted by Gasteiger charge is 2.36. The van der Waals surface area contributed by atoms with Crippen LogP contribution in [0.5, 0.6) is 0 Å². The number of benzene rings is 3. The summed E-state index contributed by atoms with van der Waals surface area (Å²) in [7, 11) is -4.34. The zero-order valence-corrected chi connectivity index (χ0v) is 26.3. The lowest BCUT2D eigenvalue weighted by atomic mass is 10.0. The fourth-order valence-electron chi connectivity index (χ4n) is 4.29. The first-order valence-electron chi connectivity index (χ1n) is 13.1. The van der Waals surface area contributed by atoms with Crippen LogP contribution in [0.15, 0.2) is 72.8 Å². The number of nitrogens with one attached hydrogen (secondary N) is 1. The molecule has 3 aromatic rings. The molecule has 0 aliphatic heterocycles. The third-order valence-electron chi connectivity index (χ3n) is 6.29. The van der Waals surface area contributed by atoms with Gasteiger partial charge in [-0.25, -0.2) is 8.42 Å². The SMILES string of the molecule is CC(C)(C)NC(=O)[C@@H](Cc1ccccc1)N(Cc1ccccc1Cl)C(=O)CN(c1cc(C(F)(F)F)ccc1Cl)S(C)(=O)=O. The Bertz CT molecular complexity index is 1560. The zero-order valence-electron chi connectivity index (χ0n) is 24.0. The van der Waals surface area contributed by atoms with Gasteiger partial charge in [0.05, 0.1) is 22.5 Å². The molecular weight excluding hydrogens is 626 g/mol. The Morgan fingerprint density at radius 3 is 2.07 bits per heavy atom. The molecule has 2 amide bonds. The first-order valence-corrected chi connectivity index (χ1v) is 15.7. The summed E-state index contributed by atoms with van der Waals surface area (Å²) in [6.45, 7) is 4.18. The summed E-state index contributed by atoms with van der Waals surface area (Å²) in [5.41, 5.74) is -1.16. The summed E-state index contributed by atoms with van der Waals surface area (Å²) < 4.78 is 66.9. The van der Waals surface area contributed by atoms with Crippen molar-refractivity contribution in [3.05, 3.63) is 99.5 Å². The third-order valence-corrected chi connectivity index (χ3v) is 8.10. The van der Waals surface area contributed by atoms with Gasteiger partial charge in [-0.05, 0) is 56.2 Å². The summed E-state index contributed by atoms with van der Waals surface area (Å²) >= 11 is 12.6. The second kappa shape index (κ2) is 13.6. The van der Waals surface area contributed by atoms with E-state index in [9.17, 15) is 31.2 Å². The average Bonchev–Trinajstić information content (AvgIpc) is 2.89. The summed E-state index contributed by atoms with van der Waals surface area (Å²) in [6.07, 6.45) is -3.99. The molecule has 0 bridgehead atoms. The van der Waals surface area contributed by atoms with Crippen molar-refractivity contribution in [3.8, 4) is 0 Å². The predicted octanol–water partition coefficient (Wildman–Crippen LogP) is 6.33. The zero-order chi connectivity index (χ0) is 32.2. The van der Waals surface area contributed by atoms with Crippen molar-refractivity contribution in [2.45, 2.75) is 51.5 Å². The summed E-state index contributed by atoms with van der Waals surface area (Å²) in [5.74, 6) is -1.37. The van der Waals surface area contributed by atoms with Crippen LogP contribution in [0, 0.1) is 0 Å². The van der Waals surface area contributed by atoms with Gasteiger partial charge in [-0.2, -0.15) is 13.2 Å². The summed E-state index contributed by atoms with van der Waals surface area (Å²) in [6, 6.07) is 16.6. The summed E-state index contributed by atoms with van der Waals surface area (Å²) in [4.78, 5) is 29.0. The number of anilines is 1. The topological polar surface area (TPSA) is 86.8 Å². The maximum Gasteiger partial charge on any atom is 0.416 e. The average molecular weight is 659 g/mol. The molecule has 0 saturated heterocycles. The second-order valence-corrected chi connectivity index (χ2v) is 13.7. The normalized spacial score (nSPS) is 12.9. The molecule has 0 aromatic heterocycles. The van der Waals surface area contributed by atoms with Crippen LogP contribution in [0.4, 0.5) is 18.9 Å². The number of nitrogens with zero attached hydrogens (tertiary/aromatic N) is 2. The maximum atomic E-state index is 14.1. The first-order chi connectivity index (χ1) is 19.9. The van der Waals surface area contributed by atoms with Crippen molar-refractivity contribution >= 4 is 50.7 Å². The fourth-order valence-corrected chi connectivity index (χ4v) is 5.61. The van der Waals surface area contributed by atoms with E-state index >= 15 is 0 Å². The number of halogens is 5. The smallest absolute Gasteiger partial charge is 0.350 e. The van der Waals surface area contributed by atoms with E-state index in [2.05, 4.69) is 5.32 Å². The highest BCUT2D eigenvalue weighted by Crippen LogP contribution is 2.36. The molecule has 43 heavy (non-hydrogen) atoms. The molecule has 0 radical (unpaired) electrons. The molecule has 3 aromatic carbocycles. The minimum Gasteiger partial charge on any atom is -0.350 e. The van der Waals surface area contributed by atoms with Gasteiger partial charge in [0.1, 0.15) is 12.6 Å². The minimum atomic E-state index is -4.80. The Balaban J connectivity index is 2.14. The van der Waals surface area contributed by atoms with Gasteiger partial charge in [-0.15, -0.1) is 0 Å². The molecule has 0 fully saturated rings. The van der Waals surface area contributed by atoms with Crippen LogP contribution in [0.25, 0.3) is 0 Å². The lowest BCUT2D eigenvalue weighted by molar-refractivity contribution is -0.140. The number of sulfonamides is 1. The Labute approximate surface area is 259 Å². The van der Waals surface area contributed by atoms with Gasteiger partial charge in [0, 0.05) is 23.5 Å². The number of rotatable bonds is 10. The molecule has 0 unspecified atom stereocenters. The molecule has 0 heterocycles.